The number of carbonyl (C=O) groups is 1. The number of pyridine rings is 1. The zero-order chi connectivity index (χ0) is 12.3. The Labute approximate surface area is 89.2 Å². The van der Waals surface area contributed by atoms with Gasteiger partial charge < -0.3 is 10.5 Å². The summed E-state index contributed by atoms with van der Waals surface area (Å²) in [5.74, 6) is -2.81. The van der Waals surface area contributed by atoms with Gasteiger partial charge in [-0.05, 0) is 13.0 Å². The number of nitrogens with two attached hydrogens (primary N) is 1. The molecule has 1 rings (SSSR count). The van der Waals surface area contributed by atoms with Gasteiger partial charge in [-0.1, -0.05) is 0 Å². The molecular weight excluding hydrogens is 225 g/mol. The first-order valence-corrected chi connectivity index (χ1v) is 4.38. The number of aromatic nitrogens is 1. The SMILES string of the molecule is CCOC(=O)c1cc(N)nc(C(F)F)c1F. The highest BCUT2D eigenvalue weighted by Gasteiger charge is 2.23. The van der Waals surface area contributed by atoms with E-state index >= 15 is 0 Å². The highest BCUT2D eigenvalue weighted by Crippen LogP contribution is 2.24. The normalized spacial score (nSPS) is 10.6. The Morgan fingerprint density at radius 3 is 2.75 bits per heavy atom. The minimum absolute atomic E-state index is 0.00448. The maximum Gasteiger partial charge on any atom is 0.341 e. The van der Waals surface area contributed by atoms with Crippen LogP contribution in [0.25, 0.3) is 0 Å². The number of alkyl halides is 2. The number of nitrogen functional groups attached to an aromatic ring is 1. The summed E-state index contributed by atoms with van der Waals surface area (Å²) in [4.78, 5) is 14.3. The van der Waals surface area contributed by atoms with Gasteiger partial charge in [0, 0.05) is 0 Å². The number of nitrogens with zero attached hydrogens (tertiary/aromatic N) is 1. The Hall–Kier alpha value is -1.79. The first kappa shape index (κ1) is 12.3. The third-order valence-corrected chi connectivity index (χ3v) is 1.71. The Balaban J connectivity index is 3.24. The molecule has 0 saturated carbocycles. The average Bonchev–Trinajstić information content (AvgIpc) is 2.20. The van der Waals surface area contributed by atoms with Crippen molar-refractivity contribution in [1.29, 1.82) is 0 Å². The van der Waals surface area contributed by atoms with Crippen LogP contribution < -0.4 is 5.73 Å². The highest BCUT2D eigenvalue weighted by atomic mass is 19.3. The Kier molecular flexibility index (Phi) is 3.70. The summed E-state index contributed by atoms with van der Waals surface area (Å²) < 4.78 is 42.5. The lowest BCUT2D eigenvalue weighted by Crippen LogP contribution is -2.12. The van der Waals surface area contributed by atoms with Gasteiger partial charge in [0.1, 0.15) is 17.1 Å². The number of hydrogen-bond acceptors (Lipinski definition) is 4. The molecule has 16 heavy (non-hydrogen) atoms. The summed E-state index contributed by atoms with van der Waals surface area (Å²) in [5, 5.41) is 0. The largest absolute Gasteiger partial charge is 0.462 e. The molecule has 0 amide bonds. The van der Waals surface area contributed by atoms with Gasteiger partial charge in [0.2, 0.25) is 0 Å². The summed E-state index contributed by atoms with van der Waals surface area (Å²) in [7, 11) is 0. The monoisotopic (exact) mass is 234 g/mol. The second-order valence-corrected chi connectivity index (χ2v) is 2.82. The molecule has 1 heterocycles. The molecule has 0 unspecified atom stereocenters. The lowest BCUT2D eigenvalue weighted by atomic mass is 10.2. The van der Waals surface area contributed by atoms with E-state index in [1.165, 1.54) is 6.92 Å². The zero-order valence-electron chi connectivity index (χ0n) is 8.34. The van der Waals surface area contributed by atoms with Crippen molar-refractivity contribution in [3.8, 4) is 0 Å². The standard InChI is InChI=1S/C9H9F3N2O2/c1-2-16-9(15)4-3-5(13)14-7(6(4)10)8(11)12/h3,8H,2H2,1H3,(H2,13,14). The topological polar surface area (TPSA) is 65.2 Å². The Morgan fingerprint density at radius 1 is 1.62 bits per heavy atom. The van der Waals surface area contributed by atoms with E-state index in [4.69, 9.17) is 5.73 Å². The van der Waals surface area contributed by atoms with E-state index in [2.05, 4.69) is 9.72 Å². The van der Waals surface area contributed by atoms with Crippen LogP contribution in [0, 0.1) is 5.82 Å². The number of carbonyl (C=O) groups excluding carboxylic acids is 1. The van der Waals surface area contributed by atoms with Crippen LogP contribution in [-0.2, 0) is 4.74 Å². The maximum absolute atomic E-state index is 13.4. The molecule has 2 N–H and O–H groups in total. The van der Waals surface area contributed by atoms with E-state index < -0.39 is 29.5 Å². The van der Waals surface area contributed by atoms with E-state index in [9.17, 15) is 18.0 Å². The van der Waals surface area contributed by atoms with Crippen LogP contribution in [0.5, 0.6) is 0 Å². The van der Waals surface area contributed by atoms with Crippen LogP contribution in [0.1, 0.15) is 29.4 Å². The van der Waals surface area contributed by atoms with Crippen LogP contribution in [0.3, 0.4) is 0 Å². The van der Waals surface area contributed by atoms with Gasteiger partial charge in [0.05, 0.1) is 6.61 Å². The van der Waals surface area contributed by atoms with Crippen molar-refractivity contribution in [3.05, 3.63) is 23.1 Å². The van der Waals surface area contributed by atoms with Gasteiger partial charge >= 0.3 is 5.97 Å². The number of hydrogen-bond donors (Lipinski definition) is 1. The van der Waals surface area contributed by atoms with E-state index in [0.29, 0.717) is 0 Å². The van der Waals surface area contributed by atoms with Gasteiger partial charge in [-0.3, -0.25) is 0 Å². The average molecular weight is 234 g/mol. The van der Waals surface area contributed by atoms with Gasteiger partial charge in [-0.15, -0.1) is 0 Å². The highest BCUT2D eigenvalue weighted by molar-refractivity contribution is 5.90. The lowest BCUT2D eigenvalue weighted by molar-refractivity contribution is 0.0519. The predicted octanol–water partition coefficient (Wildman–Crippen LogP) is 1.92. The van der Waals surface area contributed by atoms with E-state index in [1.807, 2.05) is 0 Å². The third-order valence-electron chi connectivity index (χ3n) is 1.71. The maximum atomic E-state index is 13.4. The Bertz CT molecular complexity index is 410. The van der Waals surface area contributed by atoms with Gasteiger partial charge in [-0.2, -0.15) is 0 Å². The fourth-order valence-electron chi connectivity index (χ4n) is 1.07. The predicted molar refractivity (Wildman–Crippen MR) is 49.5 cm³/mol. The molecule has 0 aromatic carbocycles. The molecule has 7 heteroatoms. The molecule has 0 aliphatic rings. The summed E-state index contributed by atoms with van der Waals surface area (Å²) in [6, 6.07) is 0.860. The molecular formula is C9H9F3N2O2. The van der Waals surface area contributed by atoms with Crippen LogP contribution in [0.2, 0.25) is 0 Å². The number of esters is 1. The third kappa shape index (κ3) is 2.41. The quantitative estimate of drug-likeness (QED) is 0.811. The molecule has 0 saturated heterocycles. The number of halogens is 3. The molecule has 4 nitrogen and oxygen atoms in total. The number of rotatable bonds is 3. The van der Waals surface area contributed by atoms with Crippen molar-refractivity contribution in [2.45, 2.75) is 13.3 Å². The van der Waals surface area contributed by atoms with Crippen LogP contribution in [-0.4, -0.2) is 17.6 Å². The molecule has 1 aromatic rings. The lowest BCUT2D eigenvalue weighted by Gasteiger charge is -2.07. The second kappa shape index (κ2) is 4.82. The number of anilines is 1. The smallest absolute Gasteiger partial charge is 0.341 e. The van der Waals surface area contributed by atoms with E-state index in [-0.39, 0.29) is 12.4 Å². The Morgan fingerprint density at radius 2 is 2.25 bits per heavy atom. The molecule has 0 aliphatic carbocycles. The van der Waals surface area contributed by atoms with Crippen molar-refractivity contribution >= 4 is 11.8 Å². The first-order valence-electron chi connectivity index (χ1n) is 4.38. The van der Waals surface area contributed by atoms with Crippen molar-refractivity contribution < 1.29 is 22.7 Å². The summed E-state index contributed by atoms with van der Waals surface area (Å²) in [6.07, 6.45) is -3.14. The summed E-state index contributed by atoms with van der Waals surface area (Å²) >= 11 is 0. The fourth-order valence-corrected chi connectivity index (χ4v) is 1.07. The van der Waals surface area contributed by atoms with E-state index in [0.717, 1.165) is 6.07 Å². The molecule has 88 valence electrons. The molecule has 0 aliphatic heterocycles. The molecule has 1 aromatic heterocycles. The van der Waals surface area contributed by atoms with E-state index in [1.54, 1.807) is 0 Å². The van der Waals surface area contributed by atoms with Gasteiger partial charge in [-0.25, -0.2) is 22.9 Å². The van der Waals surface area contributed by atoms with Crippen molar-refractivity contribution in [2.24, 2.45) is 0 Å². The zero-order valence-corrected chi connectivity index (χ0v) is 8.34. The van der Waals surface area contributed by atoms with Crippen LogP contribution >= 0.6 is 0 Å². The molecule has 0 radical (unpaired) electrons. The fraction of sp³-hybridized carbons (Fsp3) is 0.333. The van der Waals surface area contributed by atoms with Crippen molar-refractivity contribution in [3.63, 3.8) is 0 Å². The summed E-state index contributed by atoms with van der Waals surface area (Å²) in [5.41, 5.74) is 3.40. The molecule has 0 atom stereocenters. The number of ether oxygens (including phenoxy) is 1. The molecule has 0 fully saturated rings. The first-order chi connectivity index (χ1) is 7.47. The van der Waals surface area contributed by atoms with Crippen LogP contribution in [0.4, 0.5) is 19.0 Å². The molecule has 0 bridgehead atoms. The minimum atomic E-state index is -3.14. The molecule has 0 spiro atoms. The van der Waals surface area contributed by atoms with Crippen molar-refractivity contribution in [1.82, 2.24) is 4.98 Å². The minimum Gasteiger partial charge on any atom is -0.462 e. The second-order valence-electron chi connectivity index (χ2n) is 2.82. The van der Waals surface area contributed by atoms with Crippen molar-refractivity contribution in [2.75, 3.05) is 12.3 Å². The van der Waals surface area contributed by atoms with Gasteiger partial charge in [0.15, 0.2) is 5.82 Å². The summed E-state index contributed by atoms with van der Waals surface area (Å²) in [6.45, 7) is 1.51. The van der Waals surface area contributed by atoms with Gasteiger partial charge in [0.25, 0.3) is 6.43 Å². The van der Waals surface area contributed by atoms with Crippen LogP contribution in [0.15, 0.2) is 6.07 Å².